The number of nitrogens with one attached hydrogen (secondary N) is 2. The summed E-state index contributed by atoms with van der Waals surface area (Å²) in [5.41, 5.74) is 3.78. The molecule has 0 fully saturated rings. The SMILES string of the molecule is O=C(NC1=CCn2c1nc1c2NCCC1)c1cc2c(Cl)cccc2n1Cc1cccc(F)c1. The molecule has 2 aromatic heterocycles. The van der Waals surface area contributed by atoms with Crippen LogP contribution in [0, 0.1) is 5.82 Å². The lowest BCUT2D eigenvalue weighted by atomic mass is 10.2. The van der Waals surface area contributed by atoms with Gasteiger partial charge in [0.2, 0.25) is 0 Å². The molecule has 6 rings (SSSR count). The Morgan fingerprint density at radius 2 is 2.09 bits per heavy atom. The van der Waals surface area contributed by atoms with Gasteiger partial charge in [-0.25, -0.2) is 9.37 Å². The second kappa shape index (κ2) is 7.78. The molecular formula is C25H21ClFN5O. The molecular weight excluding hydrogens is 441 g/mol. The van der Waals surface area contributed by atoms with E-state index in [0.29, 0.717) is 29.5 Å². The maximum Gasteiger partial charge on any atom is 0.272 e. The number of aromatic nitrogens is 3. The molecule has 1 amide bonds. The lowest BCUT2D eigenvalue weighted by Gasteiger charge is -2.14. The molecule has 0 atom stereocenters. The van der Waals surface area contributed by atoms with Crippen molar-refractivity contribution in [2.75, 3.05) is 11.9 Å². The highest BCUT2D eigenvalue weighted by Crippen LogP contribution is 2.31. The molecule has 0 aliphatic carbocycles. The van der Waals surface area contributed by atoms with Gasteiger partial charge in [-0.2, -0.15) is 0 Å². The summed E-state index contributed by atoms with van der Waals surface area (Å²) in [6.45, 7) is 1.94. The number of fused-ring (bicyclic) bond motifs is 4. The number of hydrogen-bond donors (Lipinski definition) is 2. The molecule has 2 aromatic carbocycles. The second-order valence-corrected chi connectivity index (χ2v) is 8.77. The van der Waals surface area contributed by atoms with Crippen LogP contribution in [0.15, 0.2) is 54.6 Å². The van der Waals surface area contributed by atoms with Crippen LogP contribution in [0.1, 0.15) is 34.0 Å². The molecule has 33 heavy (non-hydrogen) atoms. The van der Waals surface area contributed by atoms with Gasteiger partial charge >= 0.3 is 0 Å². The number of allylic oxidation sites excluding steroid dienone is 1. The number of nitrogens with zero attached hydrogens (tertiary/aromatic N) is 3. The fourth-order valence-corrected chi connectivity index (χ4v) is 4.94. The van der Waals surface area contributed by atoms with E-state index >= 15 is 0 Å². The first-order valence-electron chi connectivity index (χ1n) is 11.0. The second-order valence-electron chi connectivity index (χ2n) is 8.36. The number of aryl methyl sites for hydroxylation is 1. The van der Waals surface area contributed by atoms with Crippen LogP contribution in [0.25, 0.3) is 16.6 Å². The first kappa shape index (κ1) is 20.1. The maximum atomic E-state index is 13.8. The van der Waals surface area contributed by atoms with Crippen LogP contribution in [0.2, 0.25) is 5.02 Å². The largest absolute Gasteiger partial charge is 0.370 e. The quantitative estimate of drug-likeness (QED) is 0.458. The van der Waals surface area contributed by atoms with Crippen molar-refractivity contribution >= 4 is 39.9 Å². The Morgan fingerprint density at radius 1 is 1.21 bits per heavy atom. The Kier molecular flexibility index (Phi) is 4.73. The summed E-state index contributed by atoms with van der Waals surface area (Å²) < 4.78 is 17.8. The average molecular weight is 462 g/mol. The molecule has 4 aromatic rings. The van der Waals surface area contributed by atoms with Crippen LogP contribution >= 0.6 is 11.6 Å². The van der Waals surface area contributed by atoms with Crippen molar-refractivity contribution in [2.24, 2.45) is 0 Å². The number of hydrogen-bond acceptors (Lipinski definition) is 3. The third-order valence-electron chi connectivity index (χ3n) is 6.24. The van der Waals surface area contributed by atoms with Gasteiger partial charge in [0.05, 0.1) is 16.9 Å². The van der Waals surface area contributed by atoms with Gasteiger partial charge in [-0.05, 0) is 54.8 Å². The van der Waals surface area contributed by atoms with Crippen LogP contribution in [-0.4, -0.2) is 26.6 Å². The molecule has 0 bridgehead atoms. The van der Waals surface area contributed by atoms with Crippen molar-refractivity contribution < 1.29 is 9.18 Å². The Balaban J connectivity index is 1.36. The third-order valence-corrected chi connectivity index (χ3v) is 6.57. The molecule has 2 aliphatic heterocycles. The Morgan fingerprint density at radius 3 is 2.97 bits per heavy atom. The van der Waals surface area contributed by atoms with Crippen molar-refractivity contribution in [3.8, 4) is 0 Å². The fourth-order valence-electron chi connectivity index (χ4n) is 4.71. The maximum absolute atomic E-state index is 13.8. The molecule has 0 radical (unpaired) electrons. The van der Waals surface area contributed by atoms with Crippen molar-refractivity contribution in [2.45, 2.75) is 25.9 Å². The molecule has 0 spiro atoms. The number of benzene rings is 2. The van der Waals surface area contributed by atoms with Gasteiger partial charge in [-0.3, -0.25) is 4.79 Å². The molecule has 4 heterocycles. The van der Waals surface area contributed by atoms with E-state index in [1.165, 1.54) is 12.1 Å². The normalized spacial score (nSPS) is 14.5. The van der Waals surface area contributed by atoms with Crippen LogP contribution < -0.4 is 10.6 Å². The number of carbonyl (C=O) groups excluding carboxylic acids is 1. The lowest BCUT2D eigenvalue weighted by Crippen LogP contribution is -2.25. The van der Waals surface area contributed by atoms with Crippen LogP contribution in [-0.2, 0) is 19.5 Å². The van der Waals surface area contributed by atoms with Crippen molar-refractivity contribution in [3.05, 3.63) is 88.2 Å². The smallest absolute Gasteiger partial charge is 0.272 e. The molecule has 0 saturated carbocycles. The minimum absolute atomic E-state index is 0.257. The van der Waals surface area contributed by atoms with Gasteiger partial charge in [0.1, 0.15) is 17.3 Å². The molecule has 6 nitrogen and oxygen atoms in total. The summed E-state index contributed by atoms with van der Waals surface area (Å²) in [6.07, 6.45) is 3.96. The molecule has 166 valence electrons. The van der Waals surface area contributed by atoms with E-state index in [4.69, 9.17) is 16.6 Å². The van der Waals surface area contributed by atoms with Gasteiger partial charge < -0.3 is 19.8 Å². The first-order valence-corrected chi connectivity index (χ1v) is 11.3. The van der Waals surface area contributed by atoms with E-state index in [1.807, 2.05) is 28.8 Å². The summed E-state index contributed by atoms with van der Waals surface area (Å²) in [5, 5.41) is 7.81. The van der Waals surface area contributed by atoms with Crippen molar-refractivity contribution in [1.82, 2.24) is 19.4 Å². The zero-order valence-corrected chi connectivity index (χ0v) is 18.5. The Bertz CT molecular complexity index is 1450. The van der Waals surface area contributed by atoms with Crippen LogP contribution in [0.4, 0.5) is 10.2 Å². The fraction of sp³-hybridized carbons (Fsp3) is 0.200. The van der Waals surface area contributed by atoms with Crippen LogP contribution in [0.5, 0.6) is 0 Å². The minimum Gasteiger partial charge on any atom is -0.370 e. The third kappa shape index (κ3) is 3.40. The first-order chi connectivity index (χ1) is 16.1. The van der Waals surface area contributed by atoms with Gasteiger partial charge in [-0.15, -0.1) is 0 Å². The number of halogens is 2. The summed E-state index contributed by atoms with van der Waals surface area (Å²) >= 11 is 6.43. The van der Waals surface area contributed by atoms with E-state index in [9.17, 15) is 9.18 Å². The molecule has 0 unspecified atom stereocenters. The van der Waals surface area contributed by atoms with E-state index < -0.39 is 0 Å². The van der Waals surface area contributed by atoms with E-state index in [1.54, 1.807) is 18.2 Å². The number of carbonyl (C=O) groups is 1. The zero-order valence-electron chi connectivity index (χ0n) is 17.7. The Labute approximate surface area is 194 Å². The average Bonchev–Trinajstić information content (AvgIpc) is 3.48. The van der Waals surface area contributed by atoms with Crippen molar-refractivity contribution in [1.29, 1.82) is 0 Å². The number of amides is 1. The highest BCUT2D eigenvalue weighted by Gasteiger charge is 2.27. The standard InChI is InChI=1S/C25H21ClFN5O/c26-18-6-2-8-21-17(18)13-22(32(21)14-15-4-1-5-16(27)12-15)25(33)30-20-9-11-31-23-19(29-24(20)31)7-3-10-28-23/h1-2,4-6,8-9,12-13,28H,3,7,10-11,14H2,(H,30,33). The van der Waals surface area contributed by atoms with E-state index in [2.05, 4.69) is 15.2 Å². The van der Waals surface area contributed by atoms with E-state index in [-0.39, 0.29) is 11.7 Å². The van der Waals surface area contributed by atoms with Crippen LogP contribution in [0.3, 0.4) is 0 Å². The highest BCUT2D eigenvalue weighted by atomic mass is 35.5. The summed E-state index contributed by atoms with van der Waals surface area (Å²) in [6, 6.07) is 13.8. The zero-order chi connectivity index (χ0) is 22.5. The monoisotopic (exact) mass is 461 g/mol. The topological polar surface area (TPSA) is 63.9 Å². The predicted molar refractivity (Wildman–Crippen MR) is 127 cm³/mol. The predicted octanol–water partition coefficient (Wildman–Crippen LogP) is 4.82. The molecule has 2 aliphatic rings. The number of imidazole rings is 1. The summed E-state index contributed by atoms with van der Waals surface area (Å²) in [4.78, 5) is 18.2. The minimum atomic E-state index is -0.312. The van der Waals surface area contributed by atoms with Gasteiger partial charge in [0, 0.05) is 30.0 Å². The number of rotatable bonds is 4. The van der Waals surface area contributed by atoms with Gasteiger partial charge in [-0.1, -0.05) is 29.8 Å². The lowest BCUT2D eigenvalue weighted by molar-refractivity contribution is 0.0965. The van der Waals surface area contributed by atoms with Gasteiger partial charge in [0.15, 0.2) is 5.82 Å². The molecule has 0 saturated heterocycles. The molecule has 2 N–H and O–H groups in total. The van der Waals surface area contributed by atoms with Crippen molar-refractivity contribution in [3.63, 3.8) is 0 Å². The Hall–Kier alpha value is -3.58. The van der Waals surface area contributed by atoms with Gasteiger partial charge in [0.25, 0.3) is 5.91 Å². The number of anilines is 1. The summed E-state index contributed by atoms with van der Waals surface area (Å²) in [7, 11) is 0. The molecule has 8 heteroatoms. The van der Waals surface area contributed by atoms with E-state index in [0.717, 1.165) is 53.2 Å². The highest BCUT2D eigenvalue weighted by molar-refractivity contribution is 6.35. The summed E-state index contributed by atoms with van der Waals surface area (Å²) in [5.74, 6) is 1.25.